The first-order valence-corrected chi connectivity index (χ1v) is 6.67. The molecule has 0 aromatic carbocycles. The minimum Gasteiger partial charge on any atom is -0.466 e. The molecule has 1 heterocycles. The van der Waals surface area contributed by atoms with Gasteiger partial charge in [0.25, 0.3) is 5.91 Å². The van der Waals surface area contributed by atoms with E-state index in [2.05, 4.69) is 5.10 Å². The zero-order chi connectivity index (χ0) is 13.1. The summed E-state index contributed by atoms with van der Waals surface area (Å²) in [6.45, 7) is 4.04. The minimum atomic E-state index is -0.236. The summed E-state index contributed by atoms with van der Waals surface area (Å²) in [5.41, 5.74) is 0.830. The van der Waals surface area contributed by atoms with E-state index in [1.807, 2.05) is 6.92 Å². The first kappa shape index (κ1) is 13.1. The highest BCUT2D eigenvalue weighted by Crippen LogP contribution is 2.31. The Hall–Kier alpha value is -1.39. The molecule has 0 N–H and O–H groups in total. The summed E-state index contributed by atoms with van der Waals surface area (Å²) < 4.78 is 4.88. The van der Waals surface area contributed by atoms with Gasteiger partial charge >= 0.3 is 5.97 Å². The molecule has 100 valence electrons. The highest BCUT2D eigenvalue weighted by Gasteiger charge is 2.39. The fraction of sp³-hybridized carbons (Fsp3) is 0.769. The van der Waals surface area contributed by atoms with Crippen LogP contribution in [-0.4, -0.2) is 35.2 Å². The van der Waals surface area contributed by atoms with Crippen LogP contribution >= 0.6 is 0 Å². The number of hydrazone groups is 1. The Balaban J connectivity index is 1.88. The lowest BCUT2D eigenvalue weighted by Gasteiger charge is -2.32. The molecule has 1 fully saturated rings. The van der Waals surface area contributed by atoms with Crippen LogP contribution in [-0.2, 0) is 14.3 Å². The van der Waals surface area contributed by atoms with Gasteiger partial charge in [-0.25, -0.2) is 5.01 Å². The normalized spacial score (nSPS) is 23.9. The molecule has 2 aliphatic rings. The van der Waals surface area contributed by atoms with E-state index in [-0.39, 0.29) is 24.2 Å². The largest absolute Gasteiger partial charge is 0.466 e. The molecule has 0 aromatic heterocycles. The Morgan fingerprint density at radius 1 is 1.50 bits per heavy atom. The Kier molecular flexibility index (Phi) is 3.99. The maximum absolute atomic E-state index is 12.2. The summed E-state index contributed by atoms with van der Waals surface area (Å²) in [5.74, 6) is -0.406. The molecule has 5 heteroatoms. The van der Waals surface area contributed by atoms with Gasteiger partial charge in [0.2, 0.25) is 0 Å². The van der Waals surface area contributed by atoms with Gasteiger partial charge in [0, 0.05) is 12.1 Å². The van der Waals surface area contributed by atoms with E-state index in [4.69, 9.17) is 4.74 Å². The van der Waals surface area contributed by atoms with E-state index < -0.39 is 0 Å². The highest BCUT2D eigenvalue weighted by atomic mass is 16.5. The summed E-state index contributed by atoms with van der Waals surface area (Å²) >= 11 is 0. The number of amides is 1. The second-order valence-electron chi connectivity index (χ2n) is 4.91. The summed E-state index contributed by atoms with van der Waals surface area (Å²) in [5, 5.41) is 5.98. The van der Waals surface area contributed by atoms with E-state index in [9.17, 15) is 9.59 Å². The van der Waals surface area contributed by atoms with Crippen molar-refractivity contribution in [3.63, 3.8) is 0 Å². The van der Waals surface area contributed by atoms with Gasteiger partial charge in [0.05, 0.1) is 18.6 Å². The molecule has 5 nitrogen and oxygen atoms in total. The molecule has 1 aliphatic carbocycles. The lowest BCUT2D eigenvalue weighted by Crippen LogP contribution is -2.40. The van der Waals surface area contributed by atoms with Crippen LogP contribution in [0.15, 0.2) is 5.10 Å². The molecule has 1 atom stereocenters. The van der Waals surface area contributed by atoms with Crippen molar-refractivity contribution >= 4 is 17.6 Å². The molecule has 1 unspecified atom stereocenters. The topological polar surface area (TPSA) is 59.0 Å². The molecule has 0 aromatic rings. The Morgan fingerprint density at radius 2 is 2.22 bits per heavy atom. The van der Waals surface area contributed by atoms with Crippen LogP contribution in [0, 0.1) is 5.92 Å². The molecule has 1 amide bonds. The number of carbonyl (C=O) groups excluding carboxylic acids is 2. The van der Waals surface area contributed by atoms with Crippen LogP contribution in [0.4, 0.5) is 0 Å². The summed E-state index contributed by atoms with van der Waals surface area (Å²) in [4.78, 5) is 23.5. The number of hydrogen-bond acceptors (Lipinski definition) is 4. The van der Waals surface area contributed by atoms with E-state index in [0.29, 0.717) is 19.1 Å². The third-order valence-electron chi connectivity index (χ3n) is 3.66. The van der Waals surface area contributed by atoms with Gasteiger partial charge in [-0.05, 0) is 39.5 Å². The van der Waals surface area contributed by atoms with Crippen LogP contribution < -0.4 is 0 Å². The fourth-order valence-electron chi connectivity index (χ4n) is 2.35. The van der Waals surface area contributed by atoms with Gasteiger partial charge in [0.1, 0.15) is 0 Å². The number of carbonyl (C=O) groups is 2. The second-order valence-corrected chi connectivity index (χ2v) is 4.91. The van der Waals surface area contributed by atoms with E-state index in [1.54, 1.807) is 11.9 Å². The van der Waals surface area contributed by atoms with Crippen LogP contribution in [0.2, 0.25) is 0 Å². The highest BCUT2D eigenvalue weighted by molar-refractivity contribution is 6.07. The quantitative estimate of drug-likeness (QED) is 0.700. The SMILES string of the molecule is CCOC(=O)CCC1C(=O)N(C2CCC2)N=C1C. The number of ether oxygens (including phenoxy) is 1. The molecule has 0 radical (unpaired) electrons. The van der Waals surface area contributed by atoms with Gasteiger partial charge in [-0.1, -0.05) is 0 Å². The predicted molar refractivity (Wildman–Crippen MR) is 67.0 cm³/mol. The number of esters is 1. The lowest BCUT2D eigenvalue weighted by atomic mass is 9.91. The van der Waals surface area contributed by atoms with Gasteiger partial charge in [-0.2, -0.15) is 5.10 Å². The fourth-order valence-corrected chi connectivity index (χ4v) is 2.35. The first-order chi connectivity index (χ1) is 8.63. The average Bonchev–Trinajstić information content (AvgIpc) is 2.51. The standard InChI is InChI=1S/C13H20N2O3/c1-3-18-12(16)8-7-11-9(2)14-15(13(11)17)10-5-4-6-10/h10-11H,3-8H2,1-2H3. The van der Waals surface area contributed by atoms with Gasteiger partial charge < -0.3 is 4.74 Å². The smallest absolute Gasteiger partial charge is 0.305 e. The summed E-state index contributed by atoms with van der Waals surface area (Å²) in [7, 11) is 0. The Morgan fingerprint density at radius 3 is 2.78 bits per heavy atom. The van der Waals surface area contributed by atoms with Crippen molar-refractivity contribution in [3.05, 3.63) is 0 Å². The molecule has 0 spiro atoms. The molecular formula is C13H20N2O3. The molecular weight excluding hydrogens is 232 g/mol. The zero-order valence-electron chi connectivity index (χ0n) is 11.0. The van der Waals surface area contributed by atoms with E-state index >= 15 is 0 Å². The number of nitrogens with zero attached hydrogens (tertiary/aromatic N) is 2. The molecule has 1 aliphatic heterocycles. The third kappa shape index (κ3) is 2.54. The summed E-state index contributed by atoms with van der Waals surface area (Å²) in [6, 6.07) is 0.292. The molecule has 0 saturated heterocycles. The van der Waals surface area contributed by atoms with E-state index in [1.165, 1.54) is 6.42 Å². The maximum Gasteiger partial charge on any atom is 0.305 e. The Labute approximate surface area is 107 Å². The summed E-state index contributed by atoms with van der Waals surface area (Å²) in [6.07, 6.45) is 4.07. The first-order valence-electron chi connectivity index (χ1n) is 6.67. The lowest BCUT2D eigenvalue weighted by molar-refractivity contribution is -0.143. The van der Waals surface area contributed by atoms with Crippen molar-refractivity contribution in [2.45, 2.75) is 52.0 Å². The van der Waals surface area contributed by atoms with Crippen LogP contribution in [0.3, 0.4) is 0 Å². The van der Waals surface area contributed by atoms with Crippen molar-refractivity contribution in [1.29, 1.82) is 0 Å². The second kappa shape index (κ2) is 5.50. The predicted octanol–water partition coefficient (Wildman–Crippen LogP) is 1.72. The van der Waals surface area contributed by atoms with Crippen LogP contribution in [0.1, 0.15) is 46.0 Å². The maximum atomic E-state index is 12.2. The molecule has 2 rings (SSSR count). The van der Waals surface area contributed by atoms with Gasteiger partial charge in [-0.15, -0.1) is 0 Å². The minimum absolute atomic E-state index is 0.0569. The number of rotatable bonds is 5. The zero-order valence-corrected chi connectivity index (χ0v) is 11.0. The third-order valence-corrected chi connectivity index (χ3v) is 3.66. The van der Waals surface area contributed by atoms with Crippen LogP contribution in [0.25, 0.3) is 0 Å². The molecule has 0 bridgehead atoms. The average molecular weight is 252 g/mol. The van der Waals surface area contributed by atoms with Crippen molar-refractivity contribution in [3.8, 4) is 0 Å². The van der Waals surface area contributed by atoms with Crippen molar-refractivity contribution < 1.29 is 14.3 Å². The Bertz CT molecular complexity index is 374. The van der Waals surface area contributed by atoms with E-state index in [0.717, 1.165) is 18.6 Å². The molecule has 18 heavy (non-hydrogen) atoms. The van der Waals surface area contributed by atoms with Crippen molar-refractivity contribution in [2.24, 2.45) is 11.0 Å². The van der Waals surface area contributed by atoms with Gasteiger partial charge in [-0.3, -0.25) is 9.59 Å². The number of hydrogen-bond donors (Lipinski definition) is 0. The van der Waals surface area contributed by atoms with Crippen LogP contribution in [0.5, 0.6) is 0 Å². The van der Waals surface area contributed by atoms with Crippen molar-refractivity contribution in [1.82, 2.24) is 5.01 Å². The van der Waals surface area contributed by atoms with Gasteiger partial charge in [0.15, 0.2) is 0 Å². The molecule has 1 saturated carbocycles. The van der Waals surface area contributed by atoms with Crippen molar-refractivity contribution in [2.75, 3.05) is 6.61 Å². The monoisotopic (exact) mass is 252 g/mol.